The Kier molecular flexibility index (Phi) is 3.38. The van der Waals surface area contributed by atoms with Crippen molar-refractivity contribution in [1.29, 1.82) is 0 Å². The highest BCUT2D eigenvalue weighted by Crippen LogP contribution is 2.41. The third-order valence-corrected chi connectivity index (χ3v) is 3.58. The fourth-order valence-electron chi connectivity index (χ4n) is 2.43. The third kappa shape index (κ3) is 1.69. The molecule has 0 bridgehead atoms. The van der Waals surface area contributed by atoms with E-state index in [9.17, 15) is 0 Å². The summed E-state index contributed by atoms with van der Waals surface area (Å²) >= 11 is 6.26. The zero-order chi connectivity index (χ0) is 11.7. The van der Waals surface area contributed by atoms with E-state index in [2.05, 4.69) is 11.8 Å². The molecule has 2 rings (SSSR count). The quantitative estimate of drug-likeness (QED) is 0.880. The molecule has 1 aromatic rings. The topological polar surface area (TPSA) is 38.5 Å². The number of rotatable bonds is 3. The molecule has 4 heteroatoms. The van der Waals surface area contributed by atoms with Crippen LogP contribution in [0.2, 0.25) is 5.02 Å². The maximum atomic E-state index is 6.26. The molecule has 1 aliphatic rings. The van der Waals surface area contributed by atoms with Crippen LogP contribution < -0.4 is 10.5 Å². The molecular formula is C12H17ClN2O. The molecule has 88 valence electrons. The number of nitrogens with two attached hydrogens (primary N) is 1. The molecule has 0 fully saturated rings. The van der Waals surface area contributed by atoms with Crippen LogP contribution in [0.15, 0.2) is 12.1 Å². The minimum Gasteiger partial charge on any atom is -0.496 e. The summed E-state index contributed by atoms with van der Waals surface area (Å²) in [6.07, 6.45) is 0. The van der Waals surface area contributed by atoms with Gasteiger partial charge in [-0.2, -0.15) is 0 Å². The molecule has 1 aliphatic heterocycles. The van der Waals surface area contributed by atoms with Crippen LogP contribution in [0.3, 0.4) is 0 Å². The molecule has 0 aliphatic carbocycles. The standard InChI is InChI=1S/C12H17ClN2O/c1-3-15-7-8-11(16-2)5-4-9(13)12(8)10(15)6-14/h4-5,10H,3,6-7,14H2,1-2H3. The molecule has 1 unspecified atom stereocenters. The van der Waals surface area contributed by atoms with Crippen LogP contribution in [0.25, 0.3) is 0 Å². The number of methoxy groups -OCH3 is 1. The Morgan fingerprint density at radius 1 is 1.56 bits per heavy atom. The molecule has 0 aromatic heterocycles. The normalized spacial score (nSPS) is 19.9. The van der Waals surface area contributed by atoms with Crippen molar-refractivity contribution >= 4 is 11.6 Å². The second-order valence-corrected chi connectivity index (χ2v) is 4.36. The summed E-state index contributed by atoms with van der Waals surface area (Å²) in [7, 11) is 1.69. The van der Waals surface area contributed by atoms with Crippen molar-refractivity contribution in [2.45, 2.75) is 19.5 Å². The van der Waals surface area contributed by atoms with Gasteiger partial charge in [-0.3, -0.25) is 4.90 Å². The fraction of sp³-hybridized carbons (Fsp3) is 0.500. The van der Waals surface area contributed by atoms with Gasteiger partial charge in [0.05, 0.1) is 7.11 Å². The lowest BCUT2D eigenvalue weighted by Gasteiger charge is -2.21. The Hall–Kier alpha value is -0.770. The highest BCUT2D eigenvalue weighted by molar-refractivity contribution is 6.31. The number of hydrogen-bond donors (Lipinski definition) is 1. The number of likely N-dealkylation sites (N-methyl/N-ethyl adjacent to an activating group) is 1. The van der Waals surface area contributed by atoms with Crippen molar-refractivity contribution in [3.05, 3.63) is 28.3 Å². The fourth-order valence-corrected chi connectivity index (χ4v) is 2.73. The molecule has 0 radical (unpaired) electrons. The zero-order valence-electron chi connectivity index (χ0n) is 9.66. The van der Waals surface area contributed by atoms with Crippen LogP contribution in [0.4, 0.5) is 0 Å². The summed E-state index contributed by atoms with van der Waals surface area (Å²) in [6, 6.07) is 4.04. The largest absolute Gasteiger partial charge is 0.496 e. The van der Waals surface area contributed by atoms with E-state index in [0.717, 1.165) is 29.4 Å². The van der Waals surface area contributed by atoms with Gasteiger partial charge >= 0.3 is 0 Å². The molecule has 0 amide bonds. The summed E-state index contributed by atoms with van der Waals surface area (Å²) in [4.78, 5) is 2.32. The van der Waals surface area contributed by atoms with Crippen LogP contribution >= 0.6 is 11.6 Å². The first-order chi connectivity index (χ1) is 7.72. The van der Waals surface area contributed by atoms with Crippen molar-refractivity contribution in [3.8, 4) is 5.75 Å². The van der Waals surface area contributed by atoms with Gasteiger partial charge in [-0.25, -0.2) is 0 Å². The third-order valence-electron chi connectivity index (χ3n) is 3.25. The molecule has 2 N–H and O–H groups in total. The number of nitrogens with zero attached hydrogens (tertiary/aromatic N) is 1. The second kappa shape index (κ2) is 4.62. The van der Waals surface area contributed by atoms with E-state index >= 15 is 0 Å². The van der Waals surface area contributed by atoms with Gasteiger partial charge in [0.25, 0.3) is 0 Å². The summed E-state index contributed by atoms with van der Waals surface area (Å²) < 4.78 is 5.37. The Morgan fingerprint density at radius 3 is 2.88 bits per heavy atom. The Balaban J connectivity index is 2.51. The van der Waals surface area contributed by atoms with Crippen LogP contribution in [-0.4, -0.2) is 25.1 Å². The number of halogens is 1. The van der Waals surface area contributed by atoms with Crippen LogP contribution in [-0.2, 0) is 6.54 Å². The van der Waals surface area contributed by atoms with E-state index in [0.29, 0.717) is 6.54 Å². The molecular weight excluding hydrogens is 224 g/mol. The van der Waals surface area contributed by atoms with Crippen molar-refractivity contribution < 1.29 is 4.74 Å². The van der Waals surface area contributed by atoms with Crippen LogP contribution in [0.1, 0.15) is 24.1 Å². The van der Waals surface area contributed by atoms with E-state index < -0.39 is 0 Å². The molecule has 0 spiro atoms. The molecule has 1 atom stereocenters. The van der Waals surface area contributed by atoms with Gasteiger partial charge in [0.2, 0.25) is 0 Å². The van der Waals surface area contributed by atoms with Crippen molar-refractivity contribution in [3.63, 3.8) is 0 Å². The maximum absolute atomic E-state index is 6.26. The Labute approximate surface area is 101 Å². The lowest BCUT2D eigenvalue weighted by atomic mass is 10.0. The lowest BCUT2D eigenvalue weighted by molar-refractivity contribution is 0.231. The first-order valence-electron chi connectivity index (χ1n) is 5.52. The average molecular weight is 241 g/mol. The number of benzene rings is 1. The second-order valence-electron chi connectivity index (χ2n) is 3.96. The van der Waals surface area contributed by atoms with Gasteiger partial charge in [0, 0.05) is 29.7 Å². The van der Waals surface area contributed by atoms with Gasteiger partial charge in [-0.05, 0) is 24.2 Å². The smallest absolute Gasteiger partial charge is 0.123 e. The summed E-state index contributed by atoms with van der Waals surface area (Å²) in [6.45, 7) is 4.57. The number of ether oxygens (including phenoxy) is 1. The van der Waals surface area contributed by atoms with Gasteiger partial charge < -0.3 is 10.5 Å². The first-order valence-corrected chi connectivity index (χ1v) is 5.90. The predicted molar refractivity (Wildman–Crippen MR) is 65.9 cm³/mol. The van der Waals surface area contributed by atoms with Crippen molar-refractivity contribution in [2.75, 3.05) is 20.2 Å². The SMILES string of the molecule is CCN1Cc2c(OC)ccc(Cl)c2C1CN. The zero-order valence-corrected chi connectivity index (χ0v) is 10.4. The van der Waals surface area contributed by atoms with Gasteiger partial charge in [0.15, 0.2) is 0 Å². The Bertz CT molecular complexity index is 395. The van der Waals surface area contributed by atoms with Gasteiger partial charge in [-0.15, -0.1) is 0 Å². The van der Waals surface area contributed by atoms with E-state index in [-0.39, 0.29) is 6.04 Å². The van der Waals surface area contributed by atoms with Gasteiger partial charge in [0.1, 0.15) is 5.75 Å². The molecule has 0 saturated carbocycles. The highest BCUT2D eigenvalue weighted by atomic mass is 35.5. The van der Waals surface area contributed by atoms with E-state index in [4.69, 9.17) is 22.1 Å². The first kappa shape index (κ1) is 11.7. The molecule has 16 heavy (non-hydrogen) atoms. The monoisotopic (exact) mass is 240 g/mol. The van der Waals surface area contributed by atoms with Crippen molar-refractivity contribution in [1.82, 2.24) is 4.90 Å². The van der Waals surface area contributed by atoms with E-state index in [1.165, 1.54) is 5.56 Å². The van der Waals surface area contributed by atoms with Crippen LogP contribution in [0, 0.1) is 0 Å². The number of hydrogen-bond acceptors (Lipinski definition) is 3. The van der Waals surface area contributed by atoms with E-state index in [1.54, 1.807) is 7.11 Å². The number of fused-ring (bicyclic) bond motifs is 1. The average Bonchev–Trinajstić information content (AvgIpc) is 2.69. The predicted octanol–water partition coefficient (Wildman–Crippen LogP) is 2.18. The van der Waals surface area contributed by atoms with E-state index in [1.807, 2.05) is 12.1 Å². The molecule has 3 nitrogen and oxygen atoms in total. The van der Waals surface area contributed by atoms with Gasteiger partial charge in [-0.1, -0.05) is 18.5 Å². The minimum absolute atomic E-state index is 0.225. The summed E-state index contributed by atoms with van der Waals surface area (Å²) in [5.41, 5.74) is 8.17. The summed E-state index contributed by atoms with van der Waals surface area (Å²) in [5.74, 6) is 0.911. The lowest BCUT2D eigenvalue weighted by Crippen LogP contribution is -2.27. The molecule has 1 aromatic carbocycles. The molecule has 0 saturated heterocycles. The highest BCUT2D eigenvalue weighted by Gasteiger charge is 2.32. The maximum Gasteiger partial charge on any atom is 0.123 e. The molecule has 1 heterocycles. The Morgan fingerprint density at radius 2 is 2.31 bits per heavy atom. The summed E-state index contributed by atoms with van der Waals surface area (Å²) in [5, 5.41) is 0.794. The van der Waals surface area contributed by atoms with Crippen LogP contribution in [0.5, 0.6) is 5.75 Å². The minimum atomic E-state index is 0.225. The van der Waals surface area contributed by atoms with Crippen molar-refractivity contribution in [2.24, 2.45) is 5.73 Å².